The number of sulfonamides is 1. The quantitative estimate of drug-likeness (QED) is 0.836. The number of piperidine rings is 1. The van der Waals surface area contributed by atoms with Gasteiger partial charge in [-0.3, -0.25) is 0 Å². The Balaban J connectivity index is 1.95. The highest BCUT2D eigenvalue weighted by atomic mass is 32.2. The molecule has 0 aromatic carbocycles. The van der Waals surface area contributed by atoms with Crippen molar-refractivity contribution < 1.29 is 8.42 Å². The number of hydrogen-bond acceptors (Lipinski definition) is 5. The Labute approximate surface area is 118 Å². The van der Waals surface area contributed by atoms with Gasteiger partial charge in [0.1, 0.15) is 5.01 Å². The highest BCUT2D eigenvalue weighted by Crippen LogP contribution is 2.21. The van der Waals surface area contributed by atoms with Gasteiger partial charge in [-0.15, -0.1) is 11.3 Å². The molecule has 7 heteroatoms. The molecule has 1 aromatic rings. The van der Waals surface area contributed by atoms with Crippen molar-refractivity contribution in [2.24, 2.45) is 5.92 Å². The number of nitrogens with one attached hydrogen (secondary N) is 2. The van der Waals surface area contributed by atoms with Gasteiger partial charge in [-0.25, -0.2) is 18.1 Å². The van der Waals surface area contributed by atoms with Gasteiger partial charge in [-0.1, -0.05) is 6.92 Å². The van der Waals surface area contributed by atoms with Crippen LogP contribution in [0.5, 0.6) is 0 Å². The van der Waals surface area contributed by atoms with E-state index in [0.717, 1.165) is 37.4 Å². The molecule has 0 saturated carbocycles. The second kappa shape index (κ2) is 6.78. The lowest BCUT2D eigenvalue weighted by molar-refractivity contribution is 0.401. The summed E-state index contributed by atoms with van der Waals surface area (Å²) >= 11 is 1.49. The Bertz CT molecular complexity index is 467. The molecule has 1 saturated heterocycles. The summed E-state index contributed by atoms with van der Waals surface area (Å²) < 4.78 is 27.2. The van der Waals surface area contributed by atoms with E-state index in [9.17, 15) is 8.42 Å². The topological polar surface area (TPSA) is 71.1 Å². The van der Waals surface area contributed by atoms with Gasteiger partial charge >= 0.3 is 0 Å². The Hall–Kier alpha value is -0.500. The van der Waals surface area contributed by atoms with Gasteiger partial charge < -0.3 is 5.32 Å². The fourth-order valence-electron chi connectivity index (χ4n) is 2.36. The van der Waals surface area contributed by atoms with E-state index < -0.39 is 10.0 Å². The molecular formula is C12H21N3O2S2. The molecule has 19 heavy (non-hydrogen) atoms. The molecule has 0 aliphatic carbocycles. The highest BCUT2D eigenvalue weighted by Gasteiger charge is 2.24. The van der Waals surface area contributed by atoms with Crippen LogP contribution in [-0.4, -0.2) is 32.2 Å². The van der Waals surface area contributed by atoms with Crippen LogP contribution in [0.15, 0.2) is 11.6 Å². The third kappa shape index (κ3) is 4.52. The largest absolute Gasteiger partial charge is 0.316 e. The van der Waals surface area contributed by atoms with E-state index in [2.05, 4.69) is 15.0 Å². The van der Waals surface area contributed by atoms with Crippen molar-refractivity contribution in [1.29, 1.82) is 0 Å². The normalized spacial score (nSPS) is 22.3. The molecule has 0 radical (unpaired) electrons. The molecule has 0 spiro atoms. The minimum Gasteiger partial charge on any atom is -0.316 e. The molecule has 2 heterocycles. The maximum atomic E-state index is 12.2. The van der Waals surface area contributed by atoms with Crippen LogP contribution in [0, 0.1) is 5.92 Å². The minimum atomic E-state index is -3.24. The zero-order chi connectivity index (χ0) is 13.7. The van der Waals surface area contributed by atoms with Gasteiger partial charge in [-0.2, -0.15) is 0 Å². The standard InChI is InChI=1S/C12H21N3O2S2/c1-2-11(12-14-6-7-18-12)15-19(16,17)9-10-4-3-5-13-8-10/h6-7,10-11,13,15H,2-5,8-9H2,1H3. The second-order valence-electron chi connectivity index (χ2n) is 4.94. The van der Waals surface area contributed by atoms with Crippen molar-refractivity contribution in [2.75, 3.05) is 18.8 Å². The van der Waals surface area contributed by atoms with Crippen LogP contribution in [-0.2, 0) is 10.0 Å². The average molecular weight is 303 g/mol. The molecule has 0 amide bonds. The molecule has 1 aromatic heterocycles. The fourth-order valence-corrected chi connectivity index (χ4v) is 4.92. The zero-order valence-corrected chi connectivity index (χ0v) is 12.8. The van der Waals surface area contributed by atoms with Gasteiger partial charge in [0.05, 0.1) is 11.8 Å². The number of thiazole rings is 1. The van der Waals surface area contributed by atoms with Crippen molar-refractivity contribution in [3.63, 3.8) is 0 Å². The Morgan fingerprint density at radius 1 is 1.63 bits per heavy atom. The lowest BCUT2D eigenvalue weighted by atomic mass is 10.0. The van der Waals surface area contributed by atoms with E-state index in [1.165, 1.54) is 11.3 Å². The molecule has 5 nitrogen and oxygen atoms in total. The third-order valence-electron chi connectivity index (χ3n) is 3.33. The summed E-state index contributed by atoms with van der Waals surface area (Å²) in [4.78, 5) is 4.20. The predicted octanol–water partition coefficient (Wildman–Crippen LogP) is 1.51. The number of nitrogens with zero attached hydrogens (tertiary/aromatic N) is 1. The van der Waals surface area contributed by atoms with Crippen LogP contribution in [0.25, 0.3) is 0 Å². The van der Waals surface area contributed by atoms with E-state index in [0.29, 0.717) is 0 Å². The van der Waals surface area contributed by atoms with Crippen molar-refractivity contribution >= 4 is 21.4 Å². The van der Waals surface area contributed by atoms with Crippen LogP contribution in [0.3, 0.4) is 0 Å². The van der Waals surface area contributed by atoms with Crippen LogP contribution < -0.4 is 10.0 Å². The molecule has 0 bridgehead atoms. The number of hydrogen-bond donors (Lipinski definition) is 2. The van der Waals surface area contributed by atoms with Crippen molar-refractivity contribution in [2.45, 2.75) is 32.2 Å². The van der Waals surface area contributed by atoms with E-state index >= 15 is 0 Å². The van der Waals surface area contributed by atoms with E-state index in [1.807, 2.05) is 12.3 Å². The Morgan fingerprint density at radius 2 is 2.47 bits per heavy atom. The zero-order valence-electron chi connectivity index (χ0n) is 11.1. The first kappa shape index (κ1) is 14.9. The number of aromatic nitrogens is 1. The van der Waals surface area contributed by atoms with Crippen LogP contribution in [0.4, 0.5) is 0 Å². The second-order valence-corrected chi connectivity index (χ2v) is 7.67. The minimum absolute atomic E-state index is 0.193. The molecule has 2 N–H and O–H groups in total. The van der Waals surface area contributed by atoms with E-state index in [-0.39, 0.29) is 17.7 Å². The van der Waals surface area contributed by atoms with Crippen molar-refractivity contribution in [1.82, 2.24) is 15.0 Å². The van der Waals surface area contributed by atoms with Gasteiger partial charge in [-0.05, 0) is 38.3 Å². The summed E-state index contributed by atoms with van der Waals surface area (Å²) in [5.74, 6) is 0.432. The molecule has 2 rings (SSSR count). The van der Waals surface area contributed by atoms with Crippen LogP contribution in [0.1, 0.15) is 37.2 Å². The molecule has 1 fully saturated rings. The fraction of sp³-hybridized carbons (Fsp3) is 0.750. The molecule has 1 aliphatic heterocycles. The van der Waals surface area contributed by atoms with E-state index in [1.54, 1.807) is 6.20 Å². The van der Waals surface area contributed by atoms with Crippen LogP contribution >= 0.6 is 11.3 Å². The Morgan fingerprint density at radius 3 is 3.05 bits per heavy atom. The molecule has 108 valence electrons. The summed E-state index contributed by atoms with van der Waals surface area (Å²) in [6.45, 7) is 3.77. The van der Waals surface area contributed by atoms with Gasteiger partial charge in [0.25, 0.3) is 0 Å². The predicted molar refractivity (Wildman–Crippen MR) is 77.7 cm³/mol. The summed E-state index contributed by atoms with van der Waals surface area (Å²) in [5, 5.41) is 5.96. The van der Waals surface area contributed by atoms with Crippen molar-refractivity contribution in [3.8, 4) is 0 Å². The van der Waals surface area contributed by atoms with Gasteiger partial charge in [0.15, 0.2) is 0 Å². The molecule has 2 unspecified atom stereocenters. The first-order valence-electron chi connectivity index (χ1n) is 6.71. The van der Waals surface area contributed by atoms with Gasteiger partial charge in [0.2, 0.25) is 10.0 Å². The average Bonchev–Trinajstić information content (AvgIpc) is 2.90. The first-order chi connectivity index (χ1) is 9.11. The van der Waals surface area contributed by atoms with E-state index in [4.69, 9.17) is 0 Å². The molecular weight excluding hydrogens is 282 g/mol. The highest BCUT2D eigenvalue weighted by molar-refractivity contribution is 7.89. The van der Waals surface area contributed by atoms with Crippen LogP contribution in [0.2, 0.25) is 0 Å². The number of rotatable bonds is 6. The maximum absolute atomic E-state index is 12.2. The first-order valence-corrected chi connectivity index (χ1v) is 9.24. The molecule has 1 aliphatic rings. The van der Waals surface area contributed by atoms with Gasteiger partial charge in [0, 0.05) is 11.6 Å². The lowest BCUT2D eigenvalue weighted by Crippen LogP contribution is -2.38. The third-order valence-corrected chi connectivity index (χ3v) is 5.78. The van der Waals surface area contributed by atoms with Crippen molar-refractivity contribution in [3.05, 3.63) is 16.6 Å². The summed E-state index contributed by atoms with van der Waals surface area (Å²) in [6, 6.07) is -0.193. The lowest BCUT2D eigenvalue weighted by Gasteiger charge is -2.23. The molecule has 2 atom stereocenters. The monoisotopic (exact) mass is 303 g/mol. The summed E-state index contributed by atoms with van der Waals surface area (Å²) in [5.41, 5.74) is 0. The SMILES string of the molecule is CCC(NS(=O)(=O)CC1CCCNC1)c1nccs1. The summed E-state index contributed by atoms with van der Waals surface area (Å²) in [6.07, 6.45) is 4.48. The summed E-state index contributed by atoms with van der Waals surface area (Å²) in [7, 11) is -3.24. The Kier molecular flexibility index (Phi) is 5.32. The maximum Gasteiger partial charge on any atom is 0.212 e. The smallest absolute Gasteiger partial charge is 0.212 e.